The fraction of sp³-hybridized carbons (Fsp3) is 0.769. The molecule has 1 aliphatic rings. The summed E-state index contributed by atoms with van der Waals surface area (Å²) in [7, 11) is -3.10. The Kier molecular flexibility index (Phi) is 4.82. The molecule has 1 saturated carbocycles. The topological polar surface area (TPSA) is 76.0 Å². The Morgan fingerprint density at radius 1 is 1.45 bits per heavy atom. The third-order valence-electron chi connectivity index (χ3n) is 3.83. The minimum Gasteiger partial charge on any atom is -0.312 e. The Balaban J connectivity index is 1.72. The highest BCUT2D eigenvalue weighted by Crippen LogP contribution is 2.46. The first-order valence-corrected chi connectivity index (χ1v) is 8.78. The molecule has 114 valence electrons. The fourth-order valence-corrected chi connectivity index (χ4v) is 2.83. The van der Waals surface area contributed by atoms with E-state index in [1.54, 1.807) is 13.1 Å². The highest BCUT2D eigenvalue weighted by Gasteiger charge is 2.42. The number of nitrogens with zero attached hydrogens (tertiary/aromatic N) is 2. The van der Waals surface area contributed by atoms with E-state index in [2.05, 4.69) is 15.1 Å². The molecule has 2 N–H and O–H groups in total. The SMILES string of the molecule is CCS(=O)(=O)NC[C@@H](C)NCC1(Cn2cccn2)CC1. The number of nitrogens with one attached hydrogen (secondary N) is 2. The Morgan fingerprint density at radius 2 is 2.20 bits per heavy atom. The van der Waals surface area contributed by atoms with E-state index < -0.39 is 10.0 Å². The molecule has 1 fully saturated rings. The van der Waals surface area contributed by atoms with Crippen LogP contribution in [0.3, 0.4) is 0 Å². The molecule has 0 unspecified atom stereocenters. The van der Waals surface area contributed by atoms with Crippen LogP contribution in [0.5, 0.6) is 0 Å². The maximum absolute atomic E-state index is 11.4. The van der Waals surface area contributed by atoms with Crippen molar-refractivity contribution in [3.63, 3.8) is 0 Å². The van der Waals surface area contributed by atoms with Gasteiger partial charge in [0.2, 0.25) is 10.0 Å². The first kappa shape index (κ1) is 15.5. The summed E-state index contributed by atoms with van der Waals surface area (Å²) in [5.74, 6) is 0.128. The van der Waals surface area contributed by atoms with Crippen LogP contribution in [0.2, 0.25) is 0 Å². The van der Waals surface area contributed by atoms with Crippen molar-refractivity contribution in [2.75, 3.05) is 18.8 Å². The second-order valence-corrected chi connectivity index (χ2v) is 7.83. The minimum absolute atomic E-state index is 0.128. The van der Waals surface area contributed by atoms with Crippen LogP contribution in [0.4, 0.5) is 0 Å². The highest BCUT2D eigenvalue weighted by molar-refractivity contribution is 7.89. The summed E-state index contributed by atoms with van der Waals surface area (Å²) in [6.07, 6.45) is 6.19. The normalized spacial score (nSPS) is 18.9. The van der Waals surface area contributed by atoms with E-state index in [0.29, 0.717) is 12.0 Å². The molecule has 2 rings (SSSR count). The molecule has 20 heavy (non-hydrogen) atoms. The van der Waals surface area contributed by atoms with Crippen LogP contribution < -0.4 is 10.0 Å². The van der Waals surface area contributed by atoms with Crippen LogP contribution in [-0.2, 0) is 16.6 Å². The van der Waals surface area contributed by atoms with Crippen molar-refractivity contribution in [3.8, 4) is 0 Å². The second-order valence-electron chi connectivity index (χ2n) is 5.74. The van der Waals surface area contributed by atoms with E-state index in [1.165, 1.54) is 12.8 Å². The first-order chi connectivity index (χ1) is 9.45. The van der Waals surface area contributed by atoms with Gasteiger partial charge >= 0.3 is 0 Å². The Hall–Kier alpha value is -0.920. The average Bonchev–Trinajstić information content (AvgIpc) is 2.99. The van der Waals surface area contributed by atoms with Gasteiger partial charge in [-0.05, 0) is 32.8 Å². The van der Waals surface area contributed by atoms with E-state index in [-0.39, 0.29) is 11.8 Å². The molecule has 6 nitrogen and oxygen atoms in total. The van der Waals surface area contributed by atoms with E-state index in [4.69, 9.17) is 0 Å². The fourth-order valence-electron chi connectivity index (χ4n) is 2.12. The van der Waals surface area contributed by atoms with Gasteiger partial charge in [-0.1, -0.05) is 0 Å². The maximum Gasteiger partial charge on any atom is 0.211 e. The molecule has 1 aliphatic carbocycles. The molecule has 1 heterocycles. The lowest BCUT2D eigenvalue weighted by Gasteiger charge is -2.20. The molecule has 0 amide bonds. The Labute approximate surface area is 121 Å². The van der Waals surface area contributed by atoms with E-state index in [1.807, 2.05) is 23.9 Å². The van der Waals surface area contributed by atoms with Gasteiger partial charge in [0.05, 0.1) is 5.75 Å². The number of aromatic nitrogens is 2. The predicted octanol–water partition coefficient (Wildman–Crippen LogP) is 0.581. The standard InChI is InChI=1S/C13H24N4O2S/c1-3-20(18,19)16-9-12(2)14-10-13(5-6-13)11-17-8-4-7-15-17/h4,7-8,12,14,16H,3,5-6,9-11H2,1-2H3/t12-/m1/s1. The molecule has 0 bridgehead atoms. The quantitative estimate of drug-likeness (QED) is 0.699. The van der Waals surface area contributed by atoms with Crippen molar-refractivity contribution in [1.29, 1.82) is 0 Å². The molecular formula is C13H24N4O2S. The second kappa shape index (κ2) is 6.24. The van der Waals surface area contributed by atoms with Crippen molar-refractivity contribution in [3.05, 3.63) is 18.5 Å². The Bertz CT molecular complexity index is 508. The van der Waals surface area contributed by atoms with Gasteiger partial charge in [-0.15, -0.1) is 0 Å². The third-order valence-corrected chi connectivity index (χ3v) is 5.20. The van der Waals surface area contributed by atoms with Crippen LogP contribution in [0.15, 0.2) is 18.5 Å². The summed E-state index contributed by atoms with van der Waals surface area (Å²) in [5, 5.41) is 7.67. The number of hydrogen-bond acceptors (Lipinski definition) is 4. The molecule has 1 atom stereocenters. The number of sulfonamides is 1. The van der Waals surface area contributed by atoms with Gasteiger partial charge in [-0.2, -0.15) is 5.10 Å². The minimum atomic E-state index is -3.10. The summed E-state index contributed by atoms with van der Waals surface area (Å²) in [5.41, 5.74) is 0.296. The lowest BCUT2D eigenvalue weighted by Crippen LogP contribution is -2.42. The smallest absolute Gasteiger partial charge is 0.211 e. The predicted molar refractivity (Wildman–Crippen MR) is 78.8 cm³/mol. The van der Waals surface area contributed by atoms with Crippen LogP contribution >= 0.6 is 0 Å². The van der Waals surface area contributed by atoms with Gasteiger partial charge in [0.1, 0.15) is 0 Å². The van der Waals surface area contributed by atoms with Crippen LogP contribution in [0, 0.1) is 5.41 Å². The van der Waals surface area contributed by atoms with Gasteiger partial charge in [0.25, 0.3) is 0 Å². The van der Waals surface area contributed by atoms with Crippen molar-refractivity contribution in [2.45, 2.75) is 39.3 Å². The van der Waals surface area contributed by atoms with Crippen molar-refractivity contribution in [2.24, 2.45) is 5.41 Å². The summed E-state index contributed by atoms with van der Waals surface area (Å²) >= 11 is 0. The zero-order chi connectivity index (χ0) is 14.6. The maximum atomic E-state index is 11.4. The molecule has 0 radical (unpaired) electrons. The summed E-state index contributed by atoms with van der Waals surface area (Å²) < 4.78 is 27.3. The largest absolute Gasteiger partial charge is 0.312 e. The van der Waals surface area contributed by atoms with Gasteiger partial charge in [0, 0.05) is 43.5 Å². The van der Waals surface area contributed by atoms with Crippen molar-refractivity contribution in [1.82, 2.24) is 19.8 Å². The monoisotopic (exact) mass is 300 g/mol. The van der Waals surface area contributed by atoms with Crippen LogP contribution in [0.25, 0.3) is 0 Å². The summed E-state index contributed by atoms with van der Waals surface area (Å²) in [6.45, 7) is 5.92. The van der Waals surface area contributed by atoms with E-state index in [0.717, 1.165) is 13.1 Å². The molecule has 1 aromatic rings. The lowest BCUT2D eigenvalue weighted by molar-refractivity contribution is 0.355. The van der Waals surface area contributed by atoms with Crippen molar-refractivity contribution >= 4 is 10.0 Å². The molecule has 1 aromatic heterocycles. The van der Waals surface area contributed by atoms with Crippen LogP contribution in [0.1, 0.15) is 26.7 Å². The molecule has 0 spiro atoms. The van der Waals surface area contributed by atoms with E-state index in [9.17, 15) is 8.42 Å². The average molecular weight is 300 g/mol. The first-order valence-electron chi connectivity index (χ1n) is 7.13. The molecule has 0 saturated heterocycles. The number of hydrogen-bond donors (Lipinski definition) is 2. The van der Waals surface area contributed by atoms with Gasteiger partial charge in [-0.25, -0.2) is 13.1 Å². The number of rotatable bonds is 9. The van der Waals surface area contributed by atoms with E-state index >= 15 is 0 Å². The van der Waals surface area contributed by atoms with Gasteiger partial charge in [-0.3, -0.25) is 4.68 Å². The molecule has 0 aliphatic heterocycles. The van der Waals surface area contributed by atoms with Gasteiger partial charge < -0.3 is 5.32 Å². The third kappa shape index (κ3) is 4.57. The summed E-state index contributed by atoms with van der Waals surface area (Å²) in [6, 6.07) is 2.07. The molecular weight excluding hydrogens is 276 g/mol. The van der Waals surface area contributed by atoms with Crippen molar-refractivity contribution < 1.29 is 8.42 Å². The lowest BCUT2D eigenvalue weighted by atomic mass is 10.1. The molecule has 0 aromatic carbocycles. The van der Waals surface area contributed by atoms with Crippen LogP contribution in [-0.4, -0.2) is 43.1 Å². The van der Waals surface area contributed by atoms with Gasteiger partial charge in [0.15, 0.2) is 0 Å². The molecule has 7 heteroatoms. The zero-order valence-electron chi connectivity index (χ0n) is 12.2. The Morgan fingerprint density at radius 3 is 2.75 bits per heavy atom. The highest BCUT2D eigenvalue weighted by atomic mass is 32.2. The summed E-state index contributed by atoms with van der Waals surface area (Å²) in [4.78, 5) is 0. The zero-order valence-corrected chi connectivity index (χ0v) is 13.0.